The van der Waals surface area contributed by atoms with E-state index in [0.29, 0.717) is 0 Å². The predicted octanol–water partition coefficient (Wildman–Crippen LogP) is 1.93. The molecule has 1 fully saturated rings. The highest BCUT2D eigenvalue weighted by Gasteiger charge is 2.12. The van der Waals surface area contributed by atoms with E-state index in [2.05, 4.69) is 28.2 Å². The molecule has 1 aliphatic rings. The van der Waals surface area contributed by atoms with Gasteiger partial charge < -0.3 is 9.30 Å². The summed E-state index contributed by atoms with van der Waals surface area (Å²) in [5, 5.41) is 0. The van der Waals surface area contributed by atoms with Crippen molar-refractivity contribution >= 4 is 11.3 Å². The molecule has 3 nitrogen and oxygen atoms in total. The first kappa shape index (κ1) is 7.85. The summed E-state index contributed by atoms with van der Waals surface area (Å²) < 4.78 is 2.04. The van der Waals surface area contributed by atoms with Crippen LogP contribution in [0.3, 0.4) is 0 Å². The zero-order valence-electron chi connectivity index (χ0n) is 8.06. The molecule has 0 spiro atoms. The zero-order valence-corrected chi connectivity index (χ0v) is 8.06. The van der Waals surface area contributed by atoms with Crippen molar-refractivity contribution in [2.75, 3.05) is 18.0 Å². The molecule has 0 unspecified atom stereocenters. The number of fused-ring (bicyclic) bond motifs is 1. The molecule has 0 saturated carbocycles. The second-order valence-corrected chi connectivity index (χ2v) is 3.77. The third-order valence-electron chi connectivity index (χ3n) is 2.85. The van der Waals surface area contributed by atoms with E-state index in [-0.39, 0.29) is 0 Å². The van der Waals surface area contributed by atoms with Crippen molar-refractivity contribution in [3.63, 3.8) is 0 Å². The van der Waals surface area contributed by atoms with Crippen LogP contribution in [0.25, 0.3) is 5.65 Å². The van der Waals surface area contributed by atoms with E-state index in [1.807, 2.05) is 16.8 Å². The van der Waals surface area contributed by atoms with Crippen molar-refractivity contribution in [2.45, 2.75) is 12.8 Å². The summed E-state index contributed by atoms with van der Waals surface area (Å²) >= 11 is 0. The van der Waals surface area contributed by atoms with Gasteiger partial charge in [0.15, 0.2) is 0 Å². The molecular formula is C11H13N3. The monoisotopic (exact) mass is 187 g/mol. The van der Waals surface area contributed by atoms with E-state index in [1.165, 1.54) is 31.6 Å². The highest BCUT2D eigenvalue weighted by molar-refractivity contribution is 5.56. The lowest BCUT2D eigenvalue weighted by Crippen LogP contribution is -2.17. The van der Waals surface area contributed by atoms with Crippen LogP contribution in [0.1, 0.15) is 12.8 Å². The number of aromatic nitrogens is 2. The summed E-state index contributed by atoms with van der Waals surface area (Å²) in [7, 11) is 0. The SMILES string of the molecule is c1cn2ccc(N3CCCC3)cc2n1. The summed E-state index contributed by atoms with van der Waals surface area (Å²) in [5.74, 6) is 0. The van der Waals surface area contributed by atoms with Gasteiger partial charge in [-0.1, -0.05) is 0 Å². The highest BCUT2D eigenvalue weighted by Crippen LogP contribution is 2.20. The predicted molar refractivity (Wildman–Crippen MR) is 56.6 cm³/mol. The van der Waals surface area contributed by atoms with Crippen molar-refractivity contribution in [3.8, 4) is 0 Å². The molecule has 3 rings (SSSR count). The number of anilines is 1. The van der Waals surface area contributed by atoms with Gasteiger partial charge in [0.25, 0.3) is 0 Å². The Bertz CT molecular complexity index is 440. The molecule has 72 valence electrons. The van der Waals surface area contributed by atoms with Crippen LogP contribution in [0.5, 0.6) is 0 Å². The normalized spacial score (nSPS) is 16.7. The van der Waals surface area contributed by atoms with Gasteiger partial charge >= 0.3 is 0 Å². The van der Waals surface area contributed by atoms with Gasteiger partial charge in [-0.3, -0.25) is 0 Å². The molecule has 0 amide bonds. The van der Waals surface area contributed by atoms with Crippen LogP contribution in [-0.2, 0) is 0 Å². The maximum Gasteiger partial charge on any atom is 0.138 e. The number of hydrogen-bond donors (Lipinski definition) is 0. The van der Waals surface area contributed by atoms with Crippen LogP contribution in [0.2, 0.25) is 0 Å². The number of nitrogens with zero attached hydrogens (tertiary/aromatic N) is 3. The Kier molecular flexibility index (Phi) is 1.69. The summed E-state index contributed by atoms with van der Waals surface area (Å²) in [4.78, 5) is 6.71. The minimum Gasteiger partial charge on any atom is -0.371 e. The lowest BCUT2D eigenvalue weighted by molar-refractivity contribution is 0.949. The molecule has 0 atom stereocenters. The van der Waals surface area contributed by atoms with Crippen LogP contribution < -0.4 is 4.90 Å². The van der Waals surface area contributed by atoms with E-state index >= 15 is 0 Å². The number of hydrogen-bond acceptors (Lipinski definition) is 2. The minimum atomic E-state index is 1.04. The van der Waals surface area contributed by atoms with Crippen LogP contribution in [-0.4, -0.2) is 22.5 Å². The van der Waals surface area contributed by atoms with Gasteiger partial charge in [0, 0.05) is 43.4 Å². The molecule has 2 aromatic heterocycles. The quantitative estimate of drug-likeness (QED) is 0.680. The van der Waals surface area contributed by atoms with Crippen LogP contribution in [0.15, 0.2) is 30.7 Å². The molecule has 0 aromatic carbocycles. The van der Waals surface area contributed by atoms with E-state index in [1.54, 1.807) is 0 Å². The van der Waals surface area contributed by atoms with E-state index in [0.717, 1.165) is 5.65 Å². The summed E-state index contributed by atoms with van der Waals surface area (Å²) in [6.45, 7) is 2.38. The molecule has 0 aliphatic carbocycles. The smallest absolute Gasteiger partial charge is 0.138 e. The largest absolute Gasteiger partial charge is 0.371 e. The molecule has 1 saturated heterocycles. The number of imidazole rings is 1. The van der Waals surface area contributed by atoms with E-state index in [4.69, 9.17) is 0 Å². The van der Waals surface area contributed by atoms with E-state index < -0.39 is 0 Å². The van der Waals surface area contributed by atoms with Crippen LogP contribution in [0.4, 0.5) is 5.69 Å². The van der Waals surface area contributed by atoms with Crippen LogP contribution in [0, 0.1) is 0 Å². The average molecular weight is 187 g/mol. The van der Waals surface area contributed by atoms with Crippen molar-refractivity contribution < 1.29 is 0 Å². The highest BCUT2D eigenvalue weighted by atomic mass is 15.1. The molecule has 2 aromatic rings. The lowest BCUT2D eigenvalue weighted by Gasteiger charge is -2.17. The Morgan fingerprint density at radius 3 is 2.86 bits per heavy atom. The Labute approximate surface area is 83.0 Å². The second-order valence-electron chi connectivity index (χ2n) is 3.77. The average Bonchev–Trinajstić information content (AvgIpc) is 2.88. The third-order valence-corrected chi connectivity index (χ3v) is 2.85. The fourth-order valence-corrected chi connectivity index (χ4v) is 2.07. The van der Waals surface area contributed by atoms with Crippen molar-refractivity contribution in [2.24, 2.45) is 0 Å². The molecule has 0 radical (unpaired) electrons. The molecule has 0 bridgehead atoms. The molecule has 0 N–H and O–H groups in total. The van der Waals surface area contributed by atoms with Crippen LogP contribution >= 0.6 is 0 Å². The first-order chi connectivity index (χ1) is 6.93. The lowest BCUT2D eigenvalue weighted by atomic mass is 10.3. The first-order valence-electron chi connectivity index (χ1n) is 5.11. The van der Waals surface area contributed by atoms with Crippen molar-refractivity contribution in [1.82, 2.24) is 9.38 Å². The number of pyridine rings is 1. The molecule has 1 aliphatic heterocycles. The fourth-order valence-electron chi connectivity index (χ4n) is 2.07. The molecular weight excluding hydrogens is 174 g/mol. The maximum absolute atomic E-state index is 4.29. The van der Waals surface area contributed by atoms with Crippen molar-refractivity contribution in [1.29, 1.82) is 0 Å². The molecule has 3 heterocycles. The minimum absolute atomic E-state index is 1.04. The van der Waals surface area contributed by atoms with Gasteiger partial charge in [-0.15, -0.1) is 0 Å². The maximum atomic E-state index is 4.29. The van der Waals surface area contributed by atoms with Crippen molar-refractivity contribution in [3.05, 3.63) is 30.7 Å². The van der Waals surface area contributed by atoms with Gasteiger partial charge in [-0.05, 0) is 18.9 Å². The van der Waals surface area contributed by atoms with Gasteiger partial charge in [0.2, 0.25) is 0 Å². The second kappa shape index (κ2) is 3.01. The Hall–Kier alpha value is -1.51. The fraction of sp³-hybridized carbons (Fsp3) is 0.364. The van der Waals surface area contributed by atoms with Gasteiger partial charge in [0.05, 0.1) is 0 Å². The summed E-state index contributed by atoms with van der Waals surface area (Å²) in [6, 6.07) is 4.32. The Balaban J connectivity index is 2.04. The van der Waals surface area contributed by atoms with Gasteiger partial charge in [-0.25, -0.2) is 4.98 Å². The topological polar surface area (TPSA) is 20.5 Å². The Morgan fingerprint density at radius 1 is 1.14 bits per heavy atom. The number of rotatable bonds is 1. The summed E-state index contributed by atoms with van der Waals surface area (Å²) in [5.41, 5.74) is 2.34. The van der Waals surface area contributed by atoms with Gasteiger partial charge in [0.1, 0.15) is 5.65 Å². The third kappa shape index (κ3) is 1.16. The Morgan fingerprint density at radius 2 is 2.00 bits per heavy atom. The van der Waals surface area contributed by atoms with Gasteiger partial charge in [-0.2, -0.15) is 0 Å². The molecule has 3 heteroatoms. The first-order valence-corrected chi connectivity index (χ1v) is 5.11. The zero-order chi connectivity index (χ0) is 9.38. The van der Waals surface area contributed by atoms with E-state index in [9.17, 15) is 0 Å². The summed E-state index contributed by atoms with van der Waals surface area (Å²) in [6.07, 6.45) is 8.53. The standard InChI is InChI=1S/C11H13N3/c1-2-6-13(5-1)10-3-7-14-8-4-12-11(14)9-10/h3-4,7-9H,1-2,5-6H2. The molecule has 14 heavy (non-hydrogen) atoms.